The number of hydrazine groups is 1. The number of aryl methyl sites for hydroxylation is 2. The average molecular weight is 275 g/mol. The SMILES string of the molecule is CCOc1cncc(C(NN)c2cc(C)nn2CC)c1. The molecule has 0 aliphatic heterocycles. The Hall–Kier alpha value is -1.92. The third kappa shape index (κ3) is 2.97. The summed E-state index contributed by atoms with van der Waals surface area (Å²) < 4.78 is 7.42. The first-order valence-electron chi connectivity index (χ1n) is 6.77. The second-order valence-electron chi connectivity index (χ2n) is 4.51. The van der Waals surface area contributed by atoms with Crippen LogP contribution in [0.3, 0.4) is 0 Å². The van der Waals surface area contributed by atoms with E-state index in [9.17, 15) is 0 Å². The molecule has 108 valence electrons. The Balaban J connectivity index is 2.38. The molecule has 3 N–H and O–H groups in total. The minimum atomic E-state index is -0.163. The lowest BCUT2D eigenvalue weighted by Crippen LogP contribution is -2.30. The van der Waals surface area contributed by atoms with Gasteiger partial charge in [-0.25, -0.2) is 5.43 Å². The Kier molecular flexibility index (Phi) is 4.70. The first-order chi connectivity index (χ1) is 9.69. The number of rotatable bonds is 6. The van der Waals surface area contributed by atoms with Crippen molar-refractivity contribution in [2.45, 2.75) is 33.4 Å². The molecule has 0 aliphatic rings. The molecule has 0 radical (unpaired) electrons. The molecule has 2 heterocycles. The van der Waals surface area contributed by atoms with Crippen LogP contribution in [0.1, 0.15) is 36.8 Å². The average Bonchev–Trinajstić information content (AvgIpc) is 2.82. The number of hydrogen-bond donors (Lipinski definition) is 2. The van der Waals surface area contributed by atoms with Crippen molar-refractivity contribution >= 4 is 0 Å². The number of aromatic nitrogens is 3. The summed E-state index contributed by atoms with van der Waals surface area (Å²) in [5.41, 5.74) is 5.77. The van der Waals surface area contributed by atoms with E-state index in [1.807, 2.05) is 30.7 Å². The molecule has 6 nitrogen and oxygen atoms in total. The Morgan fingerprint density at radius 1 is 1.35 bits per heavy atom. The maximum Gasteiger partial charge on any atom is 0.137 e. The summed E-state index contributed by atoms with van der Waals surface area (Å²) >= 11 is 0. The molecular formula is C14H21N5O. The van der Waals surface area contributed by atoms with Crippen LogP contribution in [0.4, 0.5) is 0 Å². The first kappa shape index (κ1) is 14.5. The second-order valence-corrected chi connectivity index (χ2v) is 4.51. The van der Waals surface area contributed by atoms with Gasteiger partial charge in [-0.05, 0) is 38.5 Å². The Labute approximate surface area is 118 Å². The van der Waals surface area contributed by atoms with Crippen molar-refractivity contribution in [3.05, 3.63) is 41.5 Å². The third-order valence-electron chi connectivity index (χ3n) is 3.07. The molecule has 0 bridgehead atoms. The Morgan fingerprint density at radius 2 is 2.15 bits per heavy atom. The maximum atomic E-state index is 5.73. The van der Waals surface area contributed by atoms with Gasteiger partial charge < -0.3 is 4.74 Å². The van der Waals surface area contributed by atoms with Crippen LogP contribution in [0.5, 0.6) is 5.75 Å². The molecule has 1 atom stereocenters. The summed E-state index contributed by atoms with van der Waals surface area (Å²) in [5.74, 6) is 6.47. The standard InChI is InChI=1S/C14H21N5O/c1-4-19-13(6-10(3)18-19)14(17-15)11-7-12(20-5-2)9-16-8-11/h6-9,14,17H,4-5,15H2,1-3H3. The summed E-state index contributed by atoms with van der Waals surface area (Å²) in [7, 11) is 0. The van der Waals surface area contributed by atoms with E-state index in [1.54, 1.807) is 12.4 Å². The van der Waals surface area contributed by atoms with Gasteiger partial charge in [-0.15, -0.1) is 0 Å². The number of pyridine rings is 1. The minimum absolute atomic E-state index is 0.163. The normalized spacial score (nSPS) is 12.4. The zero-order chi connectivity index (χ0) is 14.5. The van der Waals surface area contributed by atoms with Crippen molar-refractivity contribution in [1.29, 1.82) is 0 Å². The lowest BCUT2D eigenvalue weighted by molar-refractivity contribution is 0.338. The Morgan fingerprint density at radius 3 is 2.80 bits per heavy atom. The van der Waals surface area contributed by atoms with Crippen molar-refractivity contribution in [1.82, 2.24) is 20.2 Å². The maximum absolute atomic E-state index is 5.73. The quantitative estimate of drug-likeness (QED) is 0.618. The van der Waals surface area contributed by atoms with E-state index in [4.69, 9.17) is 10.6 Å². The van der Waals surface area contributed by atoms with Gasteiger partial charge in [0.05, 0.1) is 30.2 Å². The molecule has 0 saturated heterocycles. The number of hydrogen-bond acceptors (Lipinski definition) is 5. The number of ether oxygens (including phenoxy) is 1. The molecule has 0 spiro atoms. The van der Waals surface area contributed by atoms with E-state index in [0.717, 1.165) is 29.2 Å². The predicted molar refractivity (Wildman–Crippen MR) is 77.2 cm³/mol. The molecule has 0 amide bonds. The van der Waals surface area contributed by atoms with E-state index in [2.05, 4.69) is 22.4 Å². The summed E-state index contributed by atoms with van der Waals surface area (Å²) in [6, 6.07) is 3.81. The van der Waals surface area contributed by atoms with E-state index < -0.39 is 0 Å². The van der Waals surface area contributed by atoms with Crippen LogP contribution in [0.25, 0.3) is 0 Å². The molecule has 2 aromatic heterocycles. The first-order valence-corrected chi connectivity index (χ1v) is 6.77. The monoisotopic (exact) mass is 275 g/mol. The van der Waals surface area contributed by atoms with Crippen LogP contribution in [0.2, 0.25) is 0 Å². The topological polar surface area (TPSA) is 78.0 Å². The van der Waals surface area contributed by atoms with Crippen molar-refractivity contribution in [2.75, 3.05) is 6.61 Å². The van der Waals surface area contributed by atoms with Crippen LogP contribution < -0.4 is 16.0 Å². The van der Waals surface area contributed by atoms with Crippen molar-refractivity contribution < 1.29 is 4.74 Å². The molecule has 6 heteroatoms. The van der Waals surface area contributed by atoms with Crippen LogP contribution in [-0.4, -0.2) is 21.4 Å². The van der Waals surface area contributed by atoms with E-state index >= 15 is 0 Å². The van der Waals surface area contributed by atoms with Crippen molar-refractivity contribution in [3.63, 3.8) is 0 Å². The third-order valence-corrected chi connectivity index (χ3v) is 3.07. The fraction of sp³-hybridized carbons (Fsp3) is 0.429. The van der Waals surface area contributed by atoms with Gasteiger partial charge in [-0.1, -0.05) is 0 Å². The van der Waals surface area contributed by atoms with E-state index in [0.29, 0.717) is 6.61 Å². The molecule has 2 aromatic rings. The van der Waals surface area contributed by atoms with Crippen LogP contribution in [-0.2, 0) is 6.54 Å². The summed E-state index contributed by atoms with van der Waals surface area (Å²) in [4.78, 5) is 4.21. The van der Waals surface area contributed by atoms with Gasteiger partial charge in [0, 0.05) is 12.7 Å². The van der Waals surface area contributed by atoms with Crippen LogP contribution >= 0.6 is 0 Å². The second kappa shape index (κ2) is 6.49. The van der Waals surface area contributed by atoms with Gasteiger partial charge in [0.25, 0.3) is 0 Å². The van der Waals surface area contributed by atoms with Gasteiger partial charge in [-0.3, -0.25) is 15.5 Å². The lowest BCUT2D eigenvalue weighted by Gasteiger charge is -2.18. The summed E-state index contributed by atoms with van der Waals surface area (Å²) in [6.07, 6.45) is 3.48. The molecule has 20 heavy (non-hydrogen) atoms. The molecule has 0 saturated carbocycles. The zero-order valence-corrected chi connectivity index (χ0v) is 12.1. The molecular weight excluding hydrogens is 254 g/mol. The highest BCUT2D eigenvalue weighted by Gasteiger charge is 2.18. The predicted octanol–water partition coefficient (Wildman–Crippen LogP) is 1.56. The number of nitrogens with one attached hydrogen (secondary N) is 1. The summed E-state index contributed by atoms with van der Waals surface area (Å²) in [5, 5.41) is 4.45. The fourth-order valence-corrected chi connectivity index (χ4v) is 2.24. The van der Waals surface area contributed by atoms with Crippen molar-refractivity contribution in [3.8, 4) is 5.75 Å². The molecule has 2 rings (SSSR count). The van der Waals surface area contributed by atoms with E-state index in [-0.39, 0.29) is 6.04 Å². The van der Waals surface area contributed by atoms with Crippen LogP contribution in [0, 0.1) is 6.92 Å². The number of nitrogens with zero attached hydrogens (tertiary/aromatic N) is 3. The molecule has 1 unspecified atom stereocenters. The molecule has 0 aliphatic carbocycles. The van der Waals surface area contributed by atoms with Crippen molar-refractivity contribution in [2.24, 2.45) is 5.84 Å². The van der Waals surface area contributed by atoms with E-state index in [1.165, 1.54) is 0 Å². The summed E-state index contributed by atoms with van der Waals surface area (Å²) in [6.45, 7) is 7.37. The highest BCUT2D eigenvalue weighted by atomic mass is 16.5. The largest absolute Gasteiger partial charge is 0.492 e. The zero-order valence-electron chi connectivity index (χ0n) is 12.1. The molecule has 0 aromatic carbocycles. The molecule has 0 fully saturated rings. The van der Waals surface area contributed by atoms with Gasteiger partial charge in [0.15, 0.2) is 0 Å². The Bertz CT molecular complexity index is 566. The number of nitrogens with two attached hydrogens (primary N) is 1. The van der Waals surface area contributed by atoms with Gasteiger partial charge in [0.1, 0.15) is 5.75 Å². The van der Waals surface area contributed by atoms with Gasteiger partial charge in [-0.2, -0.15) is 5.10 Å². The van der Waals surface area contributed by atoms with Gasteiger partial charge >= 0.3 is 0 Å². The van der Waals surface area contributed by atoms with Crippen LogP contribution in [0.15, 0.2) is 24.5 Å². The highest BCUT2D eigenvalue weighted by Crippen LogP contribution is 2.24. The lowest BCUT2D eigenvalue weighted by atomic mass is 10.1. The highest BCUT2D eigenvalue weighted by molar-refractivity contribution is 5.32. The fourth-order valence-electron chi connectivity index (χ4n) is 2.24. The smallest absolute Gasteiger partial charge is 0.137 e. The minimum Gasteiger partial charge on any atom is -0.492 e. The van der Waals surface area contributed by atoms with Gasteiger partial charge in [0.2, 0.25) is 0 Å².